The molecule has 0 aromatic carbocycles. The van der Waals surface area contributed by atoms with Crippen molar-refractivity contribution in [2.75, 3.05) is 6.61 Å². The highest BCUT2D eigenvalue weighted by Crippen LogP contribution is 2.23. The molecule has 0 heterocycles. The van der Waals surface area contributed by atoms with Gasteiger partial charge in [0.2, 0.25) is 0 Å². The summed E-state index contributed by atoms with van der Waals surface area (Å²) in [5, 5.41) is 9.21. The zero-order valence-corrected chi connectivity index (χ0v) is 11.7. The molecule has 0 aliphatic carbocycles. The molecule has 4 heteroatoms. The van der Waals surface area contributed by atoms with Crippen LogP contribution in [0.1, 0.15) is 34.6 Å². The van der Waals surface area contributed by atoms with Crippen LogP contribution in [-0.2, 0) is 14.3 Å². The number of aliphatic carboxylic acids is 1. The SMILES string of the molecule is C=C(C)COC(=O)/C(=C(\C(=O)O)C(C)C)C(C)C. The van der Waals surface area contributed by atoms with Crippen molar-refractivity contribution in [1.29, 1.82) is 0 Å². The summed E-state index contributed by atoms with van der Waals surface area (Å²) in [5.41, 5.74) is 1.07. The van der Waals surface area contributed by atoms with E-state index in [0.717, 1.165) is 0 Å². The van der Waals surface area contributed by atoms with Gasteiger partial charge in [-0.15, -0.1) is 0 Å². The second-order valence-electron chi connectivity index (χ2n) is 4.98. The van der Waals surface area contributed by atoms with E-state index in [1.807, 2.05) is 0 Å². The van der Waals surface area contributed by atoms with Gasteiger partial charge in [-0.3, -0.25) is 0 Å². The van der Waals surface area contributed by atoms with E-state index < -0.39 is 11.9 Å². The Morgan fingerprint density at radius 3 is 1.83 bits per heavy atom. The molecule has 0 amide bonds. The topological polar surface area (TPSA) is 63.6 Å². The van der Waals surface area contributed by atoms with Crippen LogP contribution >= 0.6 is 0 Å². The molecule has 0 atom stereocenters. The normalized spacial score (nSPS) is 12.4. The molecule has 0 fully saturated rings. The number of carbonyl (C=O) groups is 2. The summed E-state index contributed by atoms with van der Waals surface area (Å²) in [6.45, 7) is 12.5. The zero-order chi connectivity index (χ0) is 14.5. The third-order valence-electron chi connectivity index (χ3n) is 2.34. The zero-order valence-electron chi connectivity index (χ0n) is 11.7. The summed E-state index contributed by atoms with van der Waals surface area (Å²) in [6.07, 6.45) is 0. The van der Waals surface area contributed by atoms with Crippen molar-refractivity contribution in [2.24, 2.45) is 11.8 Å². The van der Waals surface area contributed by atoms with Crippen molar-refractivity contribution < 1.29 is 19.4 Å². The van der Waals surface area contributed by atoms with Gasteiger partial charge in [0.05, 0.1) is 11.1 Å². The van der Waals surface area contributed by atoms with Crippen LogP contribution < -0.4 is 0 Å². The lowest BCUT2D eigenvalue weighted by molar-refractivity contribution is -0.140. The monoisotopic (exact) mass is 254 g/mol. The molecule has 0 aromatic heterocycles. The molecular weight excluding hydrogens is 232 g/mol. The van der Waals surface area contributed by atoms with Crippen molar-refractivity contribution in [2.45, 2.75) is 34.6 Å². The predicted octanol–water partition coefficient (Wildman–Crippen LogP) is 2.80. The van der Waals surface area contributed by atoms with Crippen molar-refractivity contribution in [1.82, 2.24) is 0 Å². The van der Waals surface area contributed by atoms with Gasteiger partial charge in [0.25, 0.3) is 0 Å². The molecule has 0 aliphatic rings. The van der Waals surface area contributed by atoms with Crippen LogP contribution in [0.4, 0.5) is 0 Å². The quantitative estimate of drug-likeness (QED) is 0.450. The van der Waals surface area contributed by atoms with Crippen molar-refractivity contribution in [3.8, 4) is 0 Å². The fourth-order valence-corrected chi connectivity index (χ4v) is 1.60. The number of carboxylic acid groups (broad SMARTS) is 1. The largest absolute Gasteiger partial charge is 0.478 e. The maximum atomic E-state index is 12.0. The number of esters is 1. The summed E-state index contributed by atoms with van der Waals surface area (Å²) >= 11 is 0. The minimum absolute atomic E-state index is 0.111. The minimum atomic E-state index is -1.07. The maximum Gasteiger partial charge on any atom is 0.335 e. The lowest BCUT2D eigenvalue weighted by Crippen LogP contribution is -2.21. The molecule has 0 aromatic rings. The number of hydrogen-bond acceptors (Lipinski definition) is 3. The molecule has 0 bridgehead atoms. The number of hydrogen-bond donors (Lipinski definition) is 1. The summed E-state index contributed by atoms with van der Waals surface area (Å²) in [4.78, 5) is 23.2. The molecule has 0 aliphatic heterocycles. The van der Waals surface area contributed by atoms with Crippen LogP contribution in [0, 0.1) is 11.8 Å². The molecular formula is C14H22O4. The van der Waals surface area contributed by atoms with Crippen molar-refractivity contribution in [3.05, 3.63) is 23.3 Å². The predicted molar refractivity (Wildman–Crippen MR) is 70.1 cm³/mol. The second-order valence-corrected chi connectivity index (χ2v) is 4.98. The van der Waals surface area contributed by atoms with Gasteiger partial charge in [0.1, 0.15) is 6.61 Å². The maximum absolute atomic E-state index is 12.0. The third-order valence-corrected chi connectivity index (χ3v) is 2.34. The van der Waals surface area contributed by atoms with Gasteiger partial charge in [0.15, 0.2) is 0 Å². The molecule has 0 radical (unpaired) electrons. The summed E-state index contributed by atoms with van der Waals surface area (Å²) < 4.78 is 5.05. The number of rotatable bonds is 6. The Morgan fingerprint density at radius 1 is 1.11 bits per heavy atom. The molecule has 18 heavy (non-hydrogen) atoms. The first-order valence-electron chi connectivity index (χ1n) is 5.97. The van der Waals surface area contributed by atoms with E-state index in [-0.39, 0.29) is 29.6 Å². The van der Waals surface area contributed by atoms with E-state index in [9.17, 15) is 14.7 Å². The Bertz CT molecular complexity index is 375. The van der Waals surface area contributed by atoms with Gasteiger partial charge in [-0.2, -0.15) is 0 Å². The average molecular weight is 254 g/mol. The average Bonchev–Trinajstić information content (AvgIpc) is 2.20. The highest BCUT2D eigenvalue weighted by atomic mass is 16.5. The molecule has 0 saturated heterocycles. The van der Waals surface area contributed by atoms with Crippen molar-refractivity contribution >= 4 is 11.9 Å². The lowest BCUT2D eigenvalue weighted by Gasteiger charge is -2.17. The molecule has 4 nitrogen and oxygen atoms in total. The smallest absolute Gasteiger partial charge is 0.335 e. The van der Waals surface area contributed by atoms with E-state index in [1.54, 1.807) is 34.6 Å². The van der Waals surface area contributed by atoms with Gasteiger partial charge in [-0.25, -0.2) is 9.59 Å². The fraction of sp³-hybridized carbons (Fsp3) is 0.571. The van der Waals surface area contributed by atoms with Gasteiger partial charge in [-0.05, 0) is 24.3 Å². The molecule has 0 spiro atoms. The standard InChI is InChI=1S/C14H22O4/c1-8(2)7-18-14(17)12(10(5)6)11(9(3)4)13(15)16/h9-10H,1,7H2,2-6H3,(H,15,16)/b12-11-. The molecule has 1 N–H and O–H groups in total. The van der Waals surface area contributed by atoms with E-state index in [2.05, 4.69) is 6.58 Å². The van der Waals surface area contributed by atoms with Gasteiger partial charge in [0, 0.05) is 0 Å². The third kappa shape index (κ3) is 4.73. The fourth-order valence-electron chi connectivity index (χ4n) is 1.60. The van der Waals surface area contributed by atoms with E-state index in [0.29, 0.717) is 5.57 Å². The lowest BCUT2D eigenvalue weighted by atomic mass is 9.90. The highest BCUT2D eigenvalue weighted by molar-refractivity contribution is 6.00. The number of carboxylic acids is 1. The summed E-state index contributed by atoms with van der Waals surface area (Å²) in [7, 11) is 0. The molecule has 0 saturated carbocycles. The van der Waals surface area contributed by atoms with E-state index in [4.69, 9.17) is 4.74 Å². The van der Waals surface area contributed by atoms with Crippen LogP contribution in [0.3, 0.4) is 0 Å². The summed E-state index contributed by atoms with van der Waals surface area (Å²) in [5.74, 6) is -2.08. The van der Waals surface area contributed by atoms with Crippen LogP contribution in [0.15, 0.2) is 23.3 Å². The van der Waals surface area contributed by atoms with Crippen molar-refractivity contribution in [3.63, 3.8) is 0 Å². The molecule has 0 rings (SSSR count). The first-order chi connectivity index (χ1) is 8.18. The van der Waals surface area contributed by atoms with E-state index in [1.165, 1.54) is 0 Å². The Hall–Kier alpha value is -1.58. The Balaban J connectivity index is 5.39. The van der Waals surface area contributed by atoms with E-state index >= 15 is 0 Å². The van der Waals surface area contributed by atoms with Crippen LogP contribution in [-0.4, -0.2) is 23.7 Å². The Morgan fingerprint density at radius 2 is 1.56 bits per heavy atom. The number of ether oxygens (including phenoxy) is 1. The summed E-state index contributed by atoms with van der Waals surface area (Å²) in [6, 6.07) is 0. The molecule has 0 unspecified atom stereocenters. The van der Waals surface area contributed by atoms with Crippen LogP contribution in [0.25, 0.3) is 0 Å². The second kappa shape index (κ2) is 6.99. The highest BCUT2D eigenvalue weighted by Gasteiger charge is 2.26. The van der Waals surface area contributed by atoms with Gasteiger partial charge in [-0.1, -0.05) is 34.3 Å². The number of carbonyl (C=O) groups excluding carboxylic acids is 1. The Labute approximate surface area is 108 Å². The first kappa shape index (κ1) is 16.4. The van der Waals surface area contributed by atoms with Crippen LogP contribution in [0.5, 0.6) is 0 Å². The van der Waals surface area contributed by atoms with Gasteiger partial charge >= 0.3 is 11.9 Å². The first-order valence-corrected chi connectivity index (χ1v) is 5.97. The Kier molecular flexibility index (Phi) is 6.37. The van der Waals surface area contributed by atoms with Gasteiger partial charge < -0.3 is 9.84 Å². The molecule has 102 valence electrons. The van der Waals surface area contributed by atoms with Crippen LogP contribution in [0.2, 0.25) is 0 Å². The minimum Gasteiger partial charge on any atom is -0.478 e.